The van der Waals surface area contributed by atoms with Crippen LogP contribution in [-0.4, -0.2) is 36.7 Å². The first kappa shape index (κ1) is 15.4. The highest BCUT2D eigenvalue weighted by Crippen LogP contribution is 2.23. The molecular weight excluding hydrogens is 268 g/mol. The Balaban J connectivity index is 2.68. The molecule has 0 aliphatic rings. The van der Waals surface area contributed by atoms with Crippen LogP contribution in [0.3, 0.4) is 0 Å². The van der Waals surface area contributed by atoms with Crippen molar-refractivity contribution in [1.29, 1.82) is 0 Å². The molecule has 0 radical (unpaired) electrons. The molecule has 0 bridgehead atoms. The van der Waals surface area contributed by atoms with Crippen LogP contribution in [0.2, 0.25) is 0 Å². The number of anilines is 1. The number of methoxy groups -OCH3 is 1. The summed E-state index contributed by atoms with van der Waals surface area (Å²) in [5, 5.41) is 3.66. The second kappa shape index (κ2) is 7.08. The van der Waals surface area contributed by atoms with E-state index in [4.69, 9.17) is 4.74 Å². The third-order valence-corrected chi connectivity index (χ3v) is 3.24. The van der Waals surface area contributed by atoms with E-state index >= 15 is 0 Å². The summed E-state index contributed by atoms with van der Waals surface area (Å²) in [6, 6.07) is -0.118. The van der Waals surface area contributed by atoms with E-state index in [9.17, 15) is 9.59 Å². The maximum absolute atomic E-state index is 11.6. The molecule has 0 spiro atoms. The van der Waals surface area contributed by atoms with Crippen LogP contribution in [0.25, 0.3) is 0 Å². The van der Waals surface area contributed by atoms with Gasteiger partial charge in [0.25, 0.3) is 0 Å². The summed E-state index contributed by atoms with van der Waals surface area (Å²) in [6.07, 6.45) is 0.240. The second-order valence-electron chi connectivity index (χ2n) is 3.97. The number of esters is 2. The number of carbonyl (C=O) groups excluding carboxylic acids is 2. The number of nitrogens with one attached hydrogen (secondary N) is 1. The minimum absolute atomic E-state index is 0.118. The quantitative estimate of drug-likeness (QED) is 0.806. The van der Waals surface area contributed by atoms with Crippen molar-refractivity contribution in [2.75, 3.05) is 19.0 Å². The zero-order valence-electron chi connectivity index (χ0n) is 11.5. The number of thiazole rings is 1. The van der Waals surface area contributed by atoms with Crippen molar-refractivity contribution < 1.29 is 19.1 Å². The Bertz CT molecular complexity index is 459. The number of hydrogen-bond acceptors (Lipinski definition) is 7. The fraction of sp³-hybridized carbons (Fsp3) is 0.583. The monoisotopic (exact) mass is 286 g/mol. The average Bonchev–Trinajstić information content (AvgIpc) is 2.70. The third-order valence-electron chi connectivity index (χ3n) is 2.34. The minimum atomic E-state index is -0.426. The lowest BCUT2D eigenvalue weighted by atomic mass is 10.2. The molecule has 1 N–H and O–H groups in total. The highest BCUT2D eigenvalue weighted by Gasteiger charge is 2.18. The molecule has 1 atom stereocenters. The summed E-state index contributed by atoms with van der Waals surface area (Å²) >= 11 is 1.36. The van der Waals surface area contributed by atoms with E-state index in [1.54, 1.807) is 13.8 Å². The summed E-state index contributed by atoms with van der Waals surface area (Å²) in [4.78, 5) is 27.7. The Labute approximate surface area is 116 Å². The smallest absolute Gasteiger partial charge is 0.358 e. The molecule has 1 heterocycles. The van der Waals surface area contributed by atoms with Gasteiger partial charge < -0.3 is 14.8 Å². The van der Waals surface area contributed by atoms with Gasteiger partial charge in [0.2, 0.25) is 0 Å². The molecule has 0 saturated carbocycles. The SMILES string of the molecule is CCOC(=O)c1nc(NC(C)CC(=O)OC)sc1C. The number of nitrogens with zero attached hydrogens (tertiary/aromatic N) is 1. The summed E-state index contributed by atoms with van der Waals surface area (Å²) < 4.78 is 9.50. The molecule has 0 aliphatic heterocycles. The fourth-order valence-corrected chi connectivity index (χ4v) is 2.35. The zero-order chi connectivity index (χ0) is 14.4. The lowest BCUT2D eigenvalue weighted by Gasteiger charge is -2.10. The predicted molar refractivity (Wildman–Crippen MR) is 72.5 cm³/mol. The molecule has 1 aromatic heterocycles. The first-order valence-electron chi connectivity index (χ1n) is 5.95. The van der Waals surface area contributed by atoms with Gasteiger partial charge in [-0.05, 0) is 20.8 Å². The molecule has 6 nitrogen and oxygen atoms in total. The molecule has 1 unspecified atom stereocenters. The van der Waals surface area contributed by atoms with Crippen LogP contribution in [0.15, 0.2) is 0 Å². The van der Waals surface area contributed by atoms with E-state index in [0.717, 1.165) is 4.88 Å². The third kappa shape index (κ3) is 4.51. The first-order valence-corrected chi connectivity index (χ1v) is 6.77. The van der Waals surface area contributed by atoms with Crippen LogP contribution in [0.4, 0.5) is 5.13 Å². The Morgan fingerprint density at radius 3 is 2.74 bits per heavy atom. The summed E-state index contributed by atoms with van der Waals surface area (Å²) in [5.74, 6) is -0.719. The van der Waals surface area contributed by atoms with Crippen molar-refractivity contribution in [2.24, 2.45) is 0 Å². The number of aryl methyl sites for hydroxylation is 1. The summed E-state index contributed by atoms with van der Waals surface area (Å²) in [6.45, 7) is 5.71. The molecule has 1 rings (SSSR count). The number of hydrogen-bond donors (Lipinski definition) is 1. The summed E-state index contributed by atoms with van der Waals surface area (Å²) in [7, 11) is 1.35. The van der Waals surface area contributed by atoms with Crippen molar-refractivity contribution in [3.8, 4) is 0 Å². The molecule has 106 valence electrons. The fourth-order valence-electron chi connectivity index (χ4n) is 1.44. The Morgan fingerprint density at radius 1 is 1.47 bits per heavy atom. The molecular formula is C12H18N2O4S. The maximum Gasteiger partial charge on any atom is 0.358 e. The van der Waals surface area contributed by atoms with Crippen molar-refractivity contribution in [1.82, 2.24) is 4.98 Å². The highest BCUT2D eigenvalue weighted by molar-refractivity contribution is 7.15. The van der Waals surface area contributed by atoms with Gasteiger partial charge in [-0.2, -0.15) is 0 Å². The van der Waals surface area contributed by atoms with Crippen molar-refractivity contribution in [3.63, 3.8) is 0 Å². The van der Waals surface area contributed by atoms with E-state index in [2.05, 4.69) is 15.0 Å². The van der Waals surface area contributed by atoms with Crippen molar-refractivity contribution in [3.05, 3.63) is 10.6 Å². The van der Waals surface area contributed by atoms with Crippen LogP contribution >= 0.6 is 11.3 Å². The van der Waals surface area contributed by atoms with E-state index in [-0.39, 0.29) is 18.4 Å². The molecule has 0 fully saturated rings. The van der Waals surface area contributed by atoms with Gasteiger partial charge in [0, 0.05) is 10.9 Å². The number of carbonyl (C=O) groups is 2. The second-order valence-corrected chi connectivity index (χ2v) is 5.17. The number of rotatable bonds is 6. The van der Waals surface area contributed by atoms with E-state index < -0.39 is 5.97 Å². The predicted octanol–water partition coefficient (Wildman–Crippen LogP) is 1.99. The highest BCUT2D eigenvalue weighted by atomic mass is 32.1. The Kier molecular flexibility index (Phi) is 5.75. The van der Waals surface area contributed by atoms with Crippen molar-refractivity contribution in [2.45, 2.75) is 33.2 Å². The van der Waals surface area contributed by atoms with Crippen LogP contribution in [0.5, 0.6) is 0 Å². The van der Waals surface area contributed by atoms with Gasteiger partial charge in [0.05, 0.1) is 20.1 Å². The van der Waals surface area contributed by atoms with E-state index in [1.807, 2.05) is 6.92 Å². The van der Waals surface area contributed by atoms with Gasteiger partial charge in [0.15, 0.2) is 10.8 Å². The minimum Gasteiger partial charge on any atom is -0.469 e. The first-order chi connectivity index (χ1) is 8.97. The van der Waals surface area contributed by atoms with Gasteiger partial charge >= 0.3 is 11.9 Å². The Hall–Kier alpha value is -1.63. The molecule has 1 aromatic rings. The zero-order valence-corrected chi connectivity index (χ0v) is 12.3. The topological polar surface area (TPSA) is 77.5 Å². The number of aromatic nitrogens is 1. The van der Waals surface area contributed by atoms with Gasteiger partial charge in [-0.1, -0.05) is 0 Å². The standard InChI is InChI=1S/C12H18N2O4S/c1-5-18-11(16)10-8(3)19-12(14-10)13-7(2)6-9(15)17-4/h7H,5-6H2,1-4H3,(H,13,14). The number of ether oxygens (including phenoxy) is 2. The Morgan fingerprint density at radius 2 is 2.16 bits per heavy atom. The maximum atomic E-state index is 11.6. The molecule has 19 heavy (non-hydrogen) atoms. The summed E-state index contributed by atoms with van der Waals surface area (Å²) in [5.41, 5.74) is 0.319. The molecule has 0 aliphatic carbocycles. The van der Waals surface area contributed by atoms with E-state index in [0.29, 0.717) is 17.4 Å². The molecule has 0 amide bonds. The van der Waals surface area contributed by atoms with Crippen LogP contribution in [0, 0.1) is 6.92 Å². The van der Waals surface area contributed by atoms with E-state index in [1.165, 1.54) is 18.4 Å². The average molecular weight is 286 g/mol. The largest absolute Gasteiger partial charge is 0.469 e. The van der Waals surface area contributed by atoms with Crippen LogP contribution in [0.1, 0.15) is 35.6 Å². The normalized spacial score (nSPS) is 11.8. The van der Waals surface area contributed by atoms with Crippen LogP contribution < -0.4 is 5.32 Å². The van der Waals surface area contributed by atoms with Gasteiger partial charge in [-0.3, -0.25) is 4.79 Å². The van der Waals surface area contributed by atoms with Gasteiger partial charge in [-0.25, -0.2) is 9.78 Å². The lowest BCUT2D eigenvalue weighted by Crippen LogP contribution is -2.20. The molecule has 0 aromatic carbocycles. The van der Waals surface area contributed by atoms with Crippen LogP contribution in [-0.2, 0) is 14.3 Å². The lowest BCUT2D eigenvalue weighted by molar-refractivity contribution is -0.140. The van der Waals surface area contributed by atoms with Crippen molar-refractivity contribution >= 4 is 28.4 Å². The molecule has 0 saturated heterocycles. The van der Waals surface area contributed by atoms with Gasteiger partial charge in [-0.15, -0.1) is 11.3 Å². The molecule has 7 heteroatoms. The van der Waals surface area contributed by atoms with Gasteiger partial charge in [0.1, 0.15) is 0 Å².